The third kappa shape index (κ3) is 5.66. The number of aromatic nitrogens is 2. The number of hydrogen-bond donors (Lipinski definition) is 1. The first-order valence-electron chi connectivity index (χ1n) is 12.4. The number of aryl methyl sites for hydroxylation is 2. The normalized spacial score (nSPS) is 15.7. The summed E-state index contributed by atoms with van der Waals surface area (Å²) < 4.78 is 8.03. The highest BCUT2D eigenvalue weighted by atomic mass is 16.5. The van der Waals surface area contributed by atoms with Crippen molar-refractivity contribution in [2.24, 2.45) is 5.92 Å². The van der Waals surface area contributed by atoms with Crippen LogP contribution in [0.5, 0.6) is 11.5 Å². The Morgan fingerprint density at radius 2 is 1.92 bits per heavy atom. The topological polar surface area (TPSA) is 59.4 Å². The fourth-order valence-corrected chi connectivity index (χ4v) is 4.65. The SMILES string of the molecule is Cc1cn(-c2cc(CN3CCC(C)C3)cc(NC(=O)c3ccc(C)c(Oc4ccccc4)c3)c2)cn1. The number of hydrogen-bond acceptors (Lipinski definition) is 4. The first kappa shape index (κ1) is 23.8. The van der Waals surface area contributed by atoms with Gasteiger partial charge >= 0.3 is 0 Å². The summed E-state index contributed by atoms with van der Waals surface area (Å²) >= 11 is 0. The van der Waals surface area contributed by atoms with Crippen molar-refractivity contribution in [2.45, 2.75) is 33.7 Å². The van der Waals surface area contributed by atoms with E-state index in [1.165, 1.54) is 12.0 Å². The first-order chi connectivity index (χ1) is 17.4. The van der Waals surface area contributed by atoms with Crippen LogP contribution in [0.1, 0.15) is 40.5 Å². The van der Waals surface area contributed by atoms with Crippen molar-refractivity contribution in [3.8, 4) is 17.2 Å². The summed E-state index contributed by atoms with van der Waals surface area (Å²) in [6.45, 7) is 9.31. The van der Waals surface area contributed by atoms with Crippen molar-refractivity contribution in [3.05, 3.63) is 102 Å². The van der Waals surface area contributed by atoms with Gasteiger partial charge in [0.25, 0.3) is 5.91 Å². The molecule has 1 unspecified atom stereocenters. The summed E-state index contributed by atoms with van der Waals surface area (Å²) in [6.07, 6.45) is 5.03. The lowest BCUT2D eigenvalue weighted by molar-refractivity contribution is 0.102. The third-order valence-electron chi connectivity index (χ3n) is 6.58. The number of likely N-dealkylation sites (tertiary alicyclic amines) is 1. The molecule has 3 aromatic carbocycles. The summed E-state index contributed by atoms with van der Waals surface area (Å²) in [4.78, 5) is 20.1. The Bertz CT molecular complexity index is 1360. The van der Waals surface area contributed by atoms with Crippen LogP contribution in [0.2, 0.25) is 0 Å². The van der Waals surface area contributed by atoms with E-state index < -0.39 is 0 Å². The van der Waals surface area contributed by atoms with Gasteiger partial charge in [-0.1, -0.05) is 31.2 Å². The van der Waals surface area contributed by atoms with E-state index in [-0.39, 0.29) is 5.91 Å². The lowest BCUT2D eigenvalue weighted by Gasteiger charge is -2.18. The summed E-state index contributed by atoms with van der Waals surface area (Å²) in [7, 11) is 0. The number of imidazole rings is 1. The van der Waals surface area contributed by atoms with E-state index in [9.17, 15) is 4.79 Å². The molecule has 0 saturated carbocycles. The lowest BCUT2D eigenvalue weighted by Crippen LogP contribution is -2.20. The Hall–Kier alpha value is -3.90. The van der Waals surface area contributed by atoms with Crippen molar-refractivity contribution in [2.75, 3.05) is 18.4 Å². The minimum Gasteiger partial charge on any atom is -0.457 e. The summed E-state index contributed by atoms with van der Waals surface area (Å²) in [5, 5.41) is 3.11. The van der Waals surface area contributed by atoms with E-state index >= 15 is 0 Å². The first-order valence-corrected chi connectivity index (χ1v) is 12.4. The number of ether oxygens (including phenoxy) is 1. The standard InChI is InChI=1S/C30H32N4O2/c1-21-11-12-33(17-21)19-24-13-26(16-27(14-24)34-18-23(3)31-20-34)32-30(35)25-10-9-22(2)29(15-25)36-28-7-5-4-6-8-28/h4-10,13-16,18,20-21H,11-12,17,19H2,1-3H3,(H,32,35). The predicted molar refractivity (Wildman–Crippen MR) is 143 cm³/mol. The van der Waals surface area contributed by atoms with Crippen molar-refractivity contribution >= 4 is 11.6 Å². The van der Waals surface area contributed by atoms with Gasteiger partial charge in [-0.25, -0.2) is 4.98 Å². The van der Waals surface area contributed by atoms with Crippen molar-refractivity contribution in [1.82, 2.24) is 14.5 Å². The highest BCUT2D eigenvalue weighted by molar-refractivity contribution is 6.04. The number of carbonyl (C=O) groups is 1. The fourth-order valence-electron chi connectivity index (χ4n) is 4.65. The Morgan fingerprint density at radius 3 is 2.64 bits per heavy atom. The zero-order chi connectivity index (χ0) is 25.1. The van der Waals surface area contributed by atoms with Gasteiger partial charge in [-0.05, 0) is 86.3 Å². The van der Waals surface area contributed by atoms with Crippen LogP contribution in [0.4, 0.5) is 5.69 Å². The smallest absolute Gasteiger partial charge is 0.255 e. The fraction of sp³-hybridized carbons (Fsp3) is 0.267. The van der Waals surface area contributed by atoms with E-state index in [1.54, 1.807) is 6.07 Å². The molecule has 0 radical (unpaired) electrons. The maximum atomic E-state index is 13.3. The molecule has 4 aromatic rings. The third-order valence-corrected chi connectivity index (χ3v) is 6.58. The molecule has 1 atom stereocenters. The second-order valence-corrected chi connectivity index (χ2v) is 9.79. The summed E-state index contributed by atoms with van der Waals surface area (Å²) in [6, 6.07) is 21.4. The Kier molecular flexibility index (Phi) is 6.87. The molecule has 184 valence electrons. The van der Waals surface area contributed by atoms with Crippen LogP contribution in [-0.2, 0) is 6.54 Å². The Balaban J connectivity index is 1.40. The van der Waals surface area contributed by atoms with Crippen LogP contribution in [0.15, 0.2) is 79.3 Å². The summed E-state index contributed by atoms with van der Waals surface area (Å²) in [5.41, 5.74) is 5.37. The molecule has 6 nitrogen and oxygen atoms in total. The largest absolute Gasteiger partial charge is 0.457 e. The zero-order valence-electron chi connectivity index (χ0n) is 21.1. The Labute approximate surface area is 212 Å². The molecule has 2 heterocycles. The van der Waals surface area contributed by atoms with E-state index in [0.29, 0.717) is 11.3 Å². The van der Waals surface area contributed by atoms with Gasteiger partial charge in [0.1, 0.15) is 11.5 Å². The number of benzene rings is 3. The molecule has 36 heavy (non-hydrogen) atoms. The number of nitrogens with zero attached hydrogens (tertiary/aromatic N) is 3. The van der Waals surface area contributed by atoms with Crippen LogP contribution in [-0.4, -0.2) is 33.4 Å². The monoisotopic (exact) mass is 480 g/mol. The predicted octanol–water partition coefficient (Wildman–Crippen LogP) is 6.38. The van der Waals surface area contributed by atoms with E-state index in [2.05, 4.69) is 34.3 Å². The number of anilines is 1. The number of rotatable bonds is 7. The summed E-state index contributed by atoms with van der Waals surface area (Å²) in [5.74, 6) is 1.95. The maximum Gasteiger partial charge on any atom is 0.255 e. The second kappa shape index (κ2) is 10.4. The lowest BCUT2D eigenvalue weighted by atomic mass is 10.1. The van der Waals surface area contributed by atoms with Crippen LogP contribution >= 0.6 is 0 Å². The maximum absolute atomic E-state index is 13.3. The molecule has 5 rings (SSSR count). The van der Waals surface area contributed by atoms with E-state index in [0.717, 1.165) is 53.9 Å². The van der Waals surface area contributed by atoms with E-state index in [4.69, 9.17) is 4.74 Å². The van der Waals surface area contributed by atoms with Gasteiger partial charge < -0.3 is 14.6 Å². The number of nitrogens with one attached hydrogen (secondary N) is 1. The molecule has 0 spiro atoms. The molecule has 6 heteroatoms. The molecule has 0 bridgehead atoms. The van der Waals surface area contributed by atoms with Gasteiger partial charge in [0.05, 0.1) is 12.0 Å². The zero-order valence-corrected chi connectivity index (χ0v) is 21.1. The number of para-hydroxylation sites is 1. The van der Waals surface area contributed by atoms with E-state index in [1.807, 2.05) is 79.5 Å². The van der Waals surface area contributed by atoms with Crippen LogP contribution in [0.3, 0.4) is 0 Å². The van der Waals surface area contributed by atoms with Crippen molar-refractivity contribution in [1.29, 1.82) is 0 Å². The molecule has 1 aromatic heterocycles. The van der Waals surface area contributed by atoms with Gasteiger partial charge in [0.2, 0.25) is 0 Å². The van der Waals surface area contributed by atoms with Crippen molar-refractivity contribution in [3.63, 3.8) is 0 Å². The van der Waals surface area contributed by atoms with Crippen LogP contribution in [0, 0.1) is 19.8 Å². The minimum absolute atomic E-state index is 0.174. The van der Waals surface area contributed by atoms with Crippen LogP contribution < -0.4 is 10.1 Å². The highest BCUT2D eigenvalue weighted by Gasteiger charge is 2.19. The van der Waals surface area contributed by atoms with Gasteiger partial charge in [-0.3, -0.25) is 9.69 Å². The van der Waals surface area contributed by atoms with Crippen molar-refractivity contribution < 1.29 is 9.53 Å². The Morgan fingerprint density at radius 1 is 1.08 bits per heavy atom. The number of carbonyl (C=O) groups excluding carboxylic acids is 1. The highest BCUT2D eigenvalue weighted by Crippen LogP contribution is 2.27. The molecule has 0 aliphatic carbocycles. The van der Waals surface area contributed by atoms with Gasteiger partial charge in [0.15, 0.2) is 0 Å². The molecule has 1 aliphatic heterocycles. The molecule has 1 fully saturated rings. The molecular formula is C30H32N4O2. The van der Waals surface area contributed by atoms with Gasteiger partial charge in [-0.15, -0.1) is 0 Å². The second-order valence-electron chi connectivity index (χ2n) is 9.79. The average Bonchev–Trinajstić information content (AvgIpc) is 3.48. The van der Waals surface area contributed by atoms with Gasteiger partial charge in [-0.2, -0.15) is 0 Å². The molecule has 1 N–H and O–H groups in total. The molecular weight excluding hydrogens is 448 g/mol. The van der Waals surface area contributed by atoms with Gasteiger partial charge in [0, 0.05) is 36.2 Å². The van der Waals surface area contributed by atoms with Crippen LogP contribution in [0.25, 0.3) is 5.69 Å². The minimum atomic E-state index is -0.174. The quantitative estimate of drug-likeness (QED) is 0.334. The number of amides is 1. The molecule has 1 amide bonds. The molecule has 1 saturated heterocycles. The average molecular weight is 481 g/mol. The molecule has 1 aliphatic rings.